The van der Waals surface area contributed by atoms with Crippen molar-refractivity contribution in [1.29, 1.82) is 0 Å². The Labute approximate surface area is 124 Å². The second-order valence-corrected chi connectivity index (χ2v) is 4.79. The maximum absolute atomic E-state index is 12.0. The maximum atomic E-state index is 12.0. The van der Waals surface area contributed by atoms with E-state index in [1.807, 2.05) is 6.92 Å². The molecular formula is C15H22N2O4. The van der Waals surface area contributed by atoms with Crippen molar-refractivity contribution in [2.24, 2.45) is 0 Å². The van der Waals surface area contributed by atoms with E-state index < -0.39 is 0 Å². The maximum Gasteiger partial charge on any atom is 0.251 e. The highest BCUT2D eigenvalue weighted by Crippen LogP contribution is 2.15. The highest BCUT2D eigenvalue weighted by atomic mass is 16.5. The predicted octanol–water partition coefficient (Wildman–Crippen LogP) is 1.41. The molecule has 1 N–H and O–H groups in total. The second-order valence-electron chi connectivity index (χ2n) is 4.79. The number of carbonyl (C=O) groups is 1. The van der Waals surface area contributed by atoms with E-state index in [4.69, 9.17) is 14.2 Å². The second kappa shape index (κ2) is 8.59. The van der Waals surface area contributed by atoms with Gasteiger partial charge >= 0.3 is 0 Å². The lowest BCUT2D eigenvalue weighted by Gasteiger charge is -2.11. The first-order valence-corrected chi connectivity index (χ1v) is 7.36. The average Bonchev–Trinajstić information content (AvgIpc) is 3.00. The van der Waals surface area contributed by atoms with Gasteiger partial charge in [0.2, 0.25) is 5.88 Å². The molecule has 0 spiro atoms. The van der Waals surface area contributed by atoms with Crippen molar-refractivity contribution in [3.8, 4) is 5.88 Å². The van der Waals surface area contributed by atoms with Crippen LogP contribution in [0.25, 0.3) is 0 Å². The summed E-state index contributed by atoms with van der Waals surface area (Å²) in [6.07, 6.45) is 3.27. The monoisotopic (exact) mass is 294 g/mol. The Bertz CT molecular complexity index is 447. The SMILES string of the molecule is CCOCCCNC(=O)c1ccnc(OC2CCOC2)c1. The zero-order valence-corrected chi connectivity index (χ0v) is 12.3. The van der Waals surface area contributed by atoms with Crippen molar-refractivity contribution in [3.63, 3.8) is 0 Å². The molecule has 21 heavy (non-hydrogen) atoms. The van der Waals surface area contributed by atoms with E-state index in [9.17, 15) is 4.79 Å². The van der Waals surface area contributed by atoms with Crippen LogP contribution in [0.5, 0.6) is 5.88 Å². The van der Waals surface area contributed by atoms with Gasteiger partial charge in [0.15, 0.2) is 0 Å². The summed E-state index contributed by atoms with van der Waals surface area (Å²) in [5.41, 5.74) is 0.551. The van der Waals surface area contributed by atoms with Crippen LogP contribution in [-0.2, 0) is 9.47 Å². The molecule has 1 aliphatic rings. The molecule has 1 atom stereocenters. The first kappa shape index (κ1) is 15.7. The topological polar surface area (TPSA) is 69.7 Å². The van der Waals surface area contributed by atoms with E-state index in [0.717, 1.165) is 12.8 Å². The molecule has 0 aromatic carbocycles. The summed E-state index contributed by atoms with van der Waals surface area (Å²) in [4.78, 5) is 16.1. The van der Waals surface area contributed by atoms with E-state index in [1.165, 1.54) is 0 Å². The summed E-state index contributed by atoms with van der Waals surface area (Å²) < 4.78 is 16.2. The van der Waals surface area contributed by atoms with Gasteiger partial charge in [-0.15, -0.1) is 0 Å². The lowest BCUT2D eigenvalue weighted by Crippen LogP contribution is -2.25. The van der Waals surface area contributed by atoms with Gasteiger partial charge in [-0.05, 0) is 19.4 Å². The molecule has 0 aliphatic carbocycles. The number of aromatic nitrogens is 1. The van der Waals surface area contributed by atoms with Crippen LogP contribution < -0.4 is 10.1 Å². The standard InChI is InChI=1S/C15H22N2O4/c1-2-19-8-3-6-17-15(18)12-4-7-16-14(10-12)21-13-5-9-20-11-13/h4,7,10,13H,2-3,5-6,8-9,11H2,1H3,(H,17,18). The smallest absolute Gasteiger partial charge is 0.251 e. The van der Waals surface area contributed by atoms with Gasteiger partial charge in [0.05, 0.1) is 13.2 Å². The lowest BCUT2D eigenvalue weighted by molar-refractivity contribution is 0.0942. The molecular weight excluding hydrogens is 272 g/mol. The van der Waals surface area contributed by atoms with E-state index >= 15 is 0 Å². The molecule has 6 heteroatoms. The van der Waals surface area contributed by atoms with Gasteiger partial charge in [-0.3, -0.25) is 4.79 Å². The van der Waals surface area contributed by atoms with Crippen molar-refractivity contribution in [1.82, 2.24) is 10.3 Å². The van der Waals surface area contributed by atoms with Crippen molar-refractivity contribution in [2.75, 3.05) is 33.0 Å². The Kier molecular flexibility index (Phi) is 6.43. The normalized spacial score (nSPS) is 17.7. The third kappa shape index (κ3) is 5.32. The fourth-order valence-electron chi connectivity index (χ4n) is 2.01. The summed E-state index contributed by atoms with van der Waals surface area (Å²) in [5.74, 6) is 0.342. The van der Waals surface area contributed by atoms with Crippen LogP contribution in [0, 0.1) is 0 Å². The Morgan fingerprint density at radius 3 is 3.24 bits per heavy atom. The minimum Gasteiger partial charge on any atom is -0.472 e. The number of ether oxygens (including phenoxy) is 3. The third-order valence-electron chi connectivity index (χ3n) is 3.13. The van der Waals surface area contributed by atoms with Gasteiger partial charge in [0, 0.05) is 44.0 Å². The van der Waals surface area contributed by atoms with Gasteiger partial charge in [0.1, 0.15) is 6.10 Å². The predicted molar refractivity (Wildman–Crippen MR) is 77.5 cm³/mol. The first-order chi connectivity index (χ1) is 10.3. The minimum absolute atomic E-state index is 0.0296. The van der Waals surface area contributed by atoms with Crippen LogP contribution in [0.1, 0.15) is 30.1 Å². The number of carbonyl (C=O) groups excluding carboxylic acids is 1. The van der Waals surface area contributed by atoms with E-state index in [0.29, 0.717) is 44.4 Å². The Morgan fingerprint density at radius 2 is 2.48 bits per heavy atom. The summed E-state index contributed by atoms with van der Waals surface area (Å²) in [6, 6.07) is 3.34. The molecule has 0 saturated carbocycles. The Balaban J connectivity index is 1.80. The summed E-state index contributed by atoms with van der Waals surface area (Å²) in [6.45, 7) is 5.19. The minimum atomic E-state index is -0.124. The number of pyridine rings is 1. The molecule has 1 saturated heterocycles. The van der Waals surface area contributed by atoms with Crippen molar-refractivity contribution < 1.29 is 19.0 Å². The van der Waals surface area contributed by atoms with Crippen molar-refractivity contribution in [3.05, 3.63) is 23.9 Å². The highest BCUT2D eigenvalue weighted by molar-refractivity contribution is 5.94. The van der Waals surface area contributed by atoms with Gasteiger partial charge in [0.25, 0.3) is 5.91 Å². The largest absolute Gasteiger partial charge is 0.472 e. The van der Waals surface area contributed by atoms with Crippen molar-refractivity contribution in [2.45, 2.75) is 25.9 Å². The Hall–Kier alpha value is -1.66. The zero-order chi connectivity index (χ0) is 14.9. The third-order valence-corrected chi connectivity index (χ3v) is 3.13. The lowest BCUT2D eigenvalue weighted by atomic mass is 10.2. The van der Waals surface area contributed by atoms with Crippen LogP contribution in [0.2, 0.25) is 0 Å². The fourth-order valence-corrected chi connectivity index (χ4v) is 2.01. The van der Waals surface area contributed by atoms with Crippen LogP contribution in [-0.4, -0.2) is 50.0 Å². The molecule has 1 aromatic rings. The van der Waals surface area contributed by atoms with Crippen LogP contribution in [0.15, 0.2) is 18.3 Å². The molecule has 2 rings (SSSR count). The molecule has 1 aromatic heterocycles. The molecule has 0 bridgehead atoms. The highest BCUT2D eigenvalue weighted by Gasteiger charge is 2.18. The zero-order valence-electron chi connectivity index (χ0n) is 12.3. The number of nitrogens with zero attached hydrogens (tertiary/aromatic N) is 1. The van der Waals surface area contributed by atoms with Gasteiger partial charge in [-0.2, -0.15) is 0 Å². The summed E-state index contributed by atoms with van der Waals surface area (Å²) in [5, 5.41) is 2.85. The fraction of sp³-hybridized carbons (Fsp3) is 0.600. The van der Waals surface area contributed by atoms with Gasteiger partial charge < -0.3 is 19.5 Å². The van der Waals surface area contributed by atoms with Gasteiger partial charge in [-0.1, -0.05) is 0 Å². The molecule has 6 nitrogen and oxygen atoms in total. The molecule has 1 aliphatic heterocycles. The average molecular weight is 294 g/mol. The van der Waals surface area contributed by atoms with E-state index in [-0.39, 0.29) is 12.0 Å². The van der Waals surface area contributed by atoms with Gasteiger partial charge in [-0.25, -0.2) is 4.98 Å². The number of hydrogen-bond acceptors (Lipinski definition) is 5. The molecule has 116 valence electrons. The quantitative estimate of drug-likeness (QED) is 0.734. The number of amides is 1. The van der Waals surface area contributed by atoms with Crippen LogP contribution >= 0.6 is 0 Å². The first-order valence-electron chi connectivity index (χ1n) is 7.36. The number of nitrogens with one attached hydrogen (secondary N) is 1. The number of rotatable bonds is 8. The molecule has 1 amide bonds. The number of hydrogen-bond donors (Lipinski definition) is 1. The van der Waals surface area contributed by atoms with Crippen LogP contribution in [0.3, 0.4) is 0 Å². The molecule has 1 unspecified atom stereocenters. The van der Waals surface area contributed by atoms with E-state index in [1.54, 1.807) is 18.3 Å². The molecule has 0 radical (unpaired) electrons. The van der Waals surface area contributed by atoms with E-state index in [2.05, 4.69) is 10.3 Å². The van der Waals surface area contributed by atoms with Crippen LogP contribution in [0.4, 0.5) is 0 Å². The van der Waals surface area contributed by atoms with Crippen molar-refractivity contribution >= 4 is 5.91 Å². The summed E-state index contributed by atoms with van der Waals surface area (Å²) >= 11 is 0. The summed E-state index contributed by atoms with van der Waals surface area (Å²) in [7, 11) is 0. The Morgan fingerprint density at radius 1 is 1.57 bits per heavy atom. The molecule has 1 fully saturated rings. The molecule has 2 heterocycles.